The van der Waals surface area contributed by atoms with Crippen molar-refractivity contribution in [1.82, 2.24) is 20.6 Å². The number of halogens is 4. The van der Waals surface area contributed by atoms with Crippen LogP contribution in [0.15, 0.2) is 45.3 Å². The molecule has 0 saturated heterocycles. The Kier molecular flexibility index (Phi) is 8.65. The Balaban J connectivity index is 0.00000320. The Hall–Kier alpha value is -2.15. The van der Waals surface area contributed by atoms with Gasteiger partial charge in [-0.3, -0.25) is 4.99 Å². The Morgan fingerprint density at radius 3 is 2.57 bits per heavy atom. The molecule has 2 aromatic heterocycles. The number of benzene rings is 1. The summed E-state index contributed by atoms with van der Waals surface area (Å²) < 4.78 is 43.5. The fourth-order valence-corrected chi connectivity index (χ4v) is 3.27. The first-order valence-corrected chi connectivity index (χ1v) is 9.71. The van der Waals surface area contributed by atoms with Crippen LogP contribution in [0.5, 0.6) is 0 Å². The minimum atomic E-state index is -4.41. The topological polar surface area (TPSA) is 75.3 Å². The summed E-state index contributed by atoms with van der Waals surface area (Å²) in [7, 11) is 1.60. The molecule has 2 heterocycles. The first kappa shape index (κ1) is 24.1. The quantitative estimate of drug-likeness (QED) is 0.265. The first-order valence-electron chi connectivity index (χ1n) is 8.83. The predicted octanol–water partition coefficient (Wildman–Crippen LogP) is 4.65. The number of rotatable bonds is 6. The number of oxazole rings is 1. The fraction of sp³-hybridized carbons (Fsp3) is 0.316. The molecule has 1 aromatic carbocycles. The number of nitrogens with zero attached hydrogens (tertiary/aromatic N) is 3. The number of hydrogen-bond acceptors (Lipinski definition) is 5. The van der Waals surface area contributed by atoms with Crippen molar-refractivity contribution in [2.24, 2.45) is 4.99 Å². The van der Waals surface area contributed by atoms with Crippen LogP contribution in [0.25, 0.3) is 11.3 Å². The third-order valence-corrected chi connectivity index (χ3v) is 4.90. The second-order valence-electron chi connectivity index (χ2n) is 6.21. The molecule has 162 valence electrons. The number of guanidine groups is 1. The molecule has 3 rings (SSSR count). The van der Waals surface area contributed by atoms with Crippen LogP contribution in [0.4, 0.5) is 13.2 Å². The summed E-state index contributed by atoms with van der Waals surface area (Å²) >= 11 is 0.991. The predicted molar refractivity (Wildman–Crippen MR) is 121 cm³/mol. The van der Waals surface area contributed by atoms with E-state index < -0.39 is 11.9 Å². The summed E-state index contributed by atoms with van der Waals surface area (Å²) in [6.45, 7) is 2.73. The van der Waals surface area contributed by atoms with E-state index in [0.29, 0.717) is 42.1 Å². The molecule has 6 nitrogen and oxygen atoms in total. The van der Waals surface area contributed by atoms with Gasteiger partial charge in [-0.05, 0) is 6.92 Å². The standard InChI is InChI=1S/C19H20F3N5OS.HI/c1-12-3-5-13(6-4-12)14-9-25-16(28-14)10-26-18(23-2)24-8-7-17-27-15(11-29-17)19(20,21)22;/h3-6,9,11H,7-8,10H2,1-2H3,(H2,23,24,26);1H. The zero-order chi connectivity index (χ0) is 20.9. The Morgan fingerprint density at radius 1 is 1.20 bits per heavy atom. The highest BCUT2D eigenvalue weighted by Gasteiger charge is 2.33. The molecule has 0 unspecified atom stereocenters. The molecule has 0 aliphatic heterocycles. The van der Waals surface area contributed by atoms with Gasteiger partial charge in [-0.25, -0.2) is 9.97 Å². The average molecular weight is 551 g/mol. The van der Waals surface area contributed by atoms with E-state index in [2.05, 4.69) is 25.6 Å². The van der Waals surface area contributed by atoms with Crippen LogP contribution in [0.3, 0.4) is 0 Å². The molecule has 30 heavy (non-hydrogen) atoms. The van der Waals surface area contributed by atoms with Crippen LogP contribution < -0.4 is 10.6 Å². The van der Waals surface area contributed by atoms with E-state index in [-0.39, 0.29) is 24.0 Å². The number of aromatic nitrogens is 2. The van der Waals surface area contributed by atoms with Gasteiger partial charge in [0.15, 0.2) is 17.4 Å². The highest BCUT2D eigenvalue weighted by molar-refractivity contribution is 14.0. The van der Waals surface area contributed by atoms with E-state index >= 15 is 0 Å². The molecule has 0 atom stereocenters. The van der Waals surface area contributed by atoms with Gasteiger partial charge >= 0.3 is 6.18 Å². The minimum absolute atomic E-state index is 0. The van der Waals surface area contributed by atoms with E-state index in [4.69, 9.17) is 4.42 Å². The molecule has 0 fully saturated rings. The normalized spacial score (nSPS) is 11.8. The van der Waals surface area contributed by atoms with Gasteiger partial charge in [0.1, 0.15) is 0 Å². The third-order valence-electron chi connectivity index (χ3n) is 3.99. The van der Waals surface area contributed by atoms with Crippen LogP contribution in [0, 0.1) is 6.92 Å². The van der Waals surface area contributed by atoms with Crippen LogP contribution >= 0.6 is 35.3 Å². The molecule has 0 saturated carbocycles. The largest absolute Gasteiger partial charge is 0.439 e. The molecule has 0 bridgehead atoms. The molecule has 0 aliphatic rings. The van der Waals surface area contributed by atoms with Gasteiger partial charge in [0.2, 0.25) is 5.89 Å². The lowest BCUT2D eigenvalue weighted by Gasteiger charge is -2.09. The maximum Gasteiger partial charge on any atom is 0.434 e. The van der Waals surface area contributed by atoms with Crippen molar-refractivity contribution in [3.05, 3.63) is 58.0 Å². The number of nitrogens with one attached hydrogen (secondary N) is 2. The van der Waals surface area contributed by atoms with Gasteiger partial charge in [0, 0.05) is 31.0 Å². The lowest BCUT2D eigenvalue weighted by molar-refractivity contribution is -0.140. The molecule has 0 radical (unpaired) electrons. The number of thiazole rings is 1. The smallest absolute Gasteiger partial charge is 0.434 e. The molecule has 11 heteroatoms. The molecule has 0 amide bonds. The molecular weight excluding hydrogens is 530 g/mol. The van der Waals surface area contributed by atoms with E-state index in [0.717, 1.165) is 27.8 Å². The molecular formula is C19H21F3IN5OS. The zero-order valence-corrected chi connectivity index (χ0v) is 19.4. The van der Waals surface area contributed by atoms with E-state index in [1.54, 1.807) is 13.2 Å². The van der Waals surface area contributed by atoms with E-state index in [1.165, 1.54) is 0 Å². The van der Waals surface area contributed by atoms with Gasteiger partial charge in [-0.2, -0.15) is 13.2 Å². The second kappa shape index (κ2) is 10.8. The Labute approximate surface area is 193 Å². The zero-order valence-electron chi connectivity index (χ0n) is 16.3. The monoisotopic (exact) mass is 551 g/mol. The van der Waals surface area contributed by atoms with Crippen molar-refractivity contribution < 1.29 is 17.6 Å². The number of aliphatic imine (C=N–C) groups is 1. The first-order chi connectivity index (χ1) is 13.8. The van der Waals surface area contributed by atoms with Crippen LogP contribution in [0.1, 0.15) is 22.2 Å². The minimum Gasteiger partial charge on any atom is -0.439 e. The van der Waals surface area contributed by atoms with Gasteiger partial charge in [0.05, 0.1) is 17.7 Å². The van der Waals surface area contributed by atoms with Gasteiger partial charge in [0.25, 0.3) is 0 Å². The molecule has 3 aromatic rings. The fourth-order valence-electron chi connectivity index (χ4n) is 2.47. The Bertz CT molecular complexity index is 969. The van der Waals surface area contributed by atoms with Crippen molar-refractivity contribution in [3.8, 4) is 11.3 Å². The van der Waals surface area contributed by atoms with Crippen LogP contribution in [-0.2, 0) is 19.1 Å². The van der Waals surface area contributed by atoms with Crippen molar-refractivity contribution >= 4 is 41.3 Å². The lowest BCUT2D eigenvalue weighted by atomic mass is 10.1. The Morgan fingerprint density at radius 2 is 1.93 bits per heavy atom. The summed E-state index contributed by atoms with van der Waals surface area (Å²) in [6.07, 6.45) is -2.39. The average Bonchev–Trinajstić information content (AvgIpc) is 3.34. The maximum absolute atomic E-state index is 12.6. The van der Waals surface area contributed by atoms with E-state index in [9.17, 15) is 13.2 Å². The van der Waals surface area contributed by atoms with Gasteiger partial charge in [-0.1, -0.05) is 29.8 Å². The molecule has 2 N–H and O–H groups in total. The second-order valence-corrected chi connectivity index (χ2v) is 7.15. The SMILES string of the molecule is CN=C(NCCc1nc(C(F)(F)F)cs1)NCc1ncc(-c2ccc(C)cc2)o1.I. The number of aryl methyl sites for hydroxylation is 1. The third kappa shape index (κ3) is 6.69. The van der Waals surface area contributed by atoms with Gasteiger partial charge < -0.3 is 15.1 Å². The number of hydrogen-bond donors (Lipinski definition) is 2. The summed E-state index contributed by atoms with van der Waals surface area (Å²) in [5.74, 6) is 1.67. The van der Waals surface area contributed by atoms with Crippen LogP contribution in [0.2, 0.25) is 0 Å². The summed E-state index contributed by atoms with van der Waals surface area (Å²) in [6, 6.07) is 7.94. The highest BCUT2D eigenvalue weighted by Crippen LogP contribution is 2.30. The van der Waals surface area contributed by atoms with Crippen molar-refractivity contribution in [1.29, 1.82) is 0 Å². The van der Waals surface area contributed by atoms with Crippen LogP contribution in [-0.4, -0.2) is 29.5 Å². The summed E-state index contributed by atoms with van der Waals surface area (Å²) in [4.78, 5) is 11.9. The van der Waals surface area contributed by atoms with Crippen molar-refractivity contribution in [2.45, 2.75) is 26.1 Å². The summed E-state index contributed by atoms with van der Waals surface area (Å²) in [5, 5.41) is 7.53. The van der Waals surface area contributed by atoms with E-state index in [1.807, 2.05) is 31.2 Å². The van der Waals surface area contributed by atoms with Crippen molar-refractivity contribution in [2.75, 3.05) is 13.6 Å². The molecule has 0 spiro atoms. The highest BCUT2D eigenvalue weighted by atomic mass is 127. The number of alkyl halides is 3. The maximum atomic E-state index is 12.6. The van der Waals surface area contributed by atoms with Crippen molar-refractivity contribution in [3.63, 3.8) is 0 Å². The molecule has 0 aliphatic carbocycles. The van der Waals surface area contributed by atoms with Gasteiger partial charge in [-0.15, -0.1) is 35.3 Å². The lowest BCUT2D eigenvalue weighted by Crippen LogP contribution is -2.37. The summed E-state index contributed by atoms with van der Waals surface area (Å²) in [5.41, 5.74) is 1.25.